The molecule has 3 heteroatoms. The van der Waals surface area contributed by atoms with Gasteiger partial charge < -0.3 is 10.1 Å². The molecule has 15 heavy (non-hydrogen) atoms. The monoisotopic (exact) mass is 210 g/mol. The average Bonchev–Trinajstić information content (AvgIpc) is 2.75. The first kappa shape index (κ1) is 12.5. The van der Waals surface area contributed by atoms with Crippen molar-refractivity contribution in [1.29, 1.82) is 0 Å². The molecule has 0 amide bonds. The maximum atomic E-state index is 5.62. The largest absolute Gasteiger partial charge is 0.377 e. The number of hydrogen-bond acceptors (Lipinski definition) is 3. The normalized spacial score (nSPS) is 20.7. The molecule has 0 saturated carbocycles. The lowest BCUT2D eigenvalue weighted by atomic mass is 10.2. The highest BCUT2D eigenvalue weighted by molar-refractivity contribution is 4.86. The van der Waals surface area contributed by atoms with Crippen molar-refractivity contribution in [3.63, 3.8) is 0 Å². The van der Waals surface area contributed by atoms with Crippen LogP contribution in [-0.4, -0.2) is 50.3 Å². The highest BCUT2D eigenvalue weighted by Crippen LogP contribution is 2.12. The summed E-state index contributed by atoms with van der Waals surface area (Å²) in [4.78, 5) is 2.42. The van der Waals surface area contributed by atoms with Crippen LogP contribution >= 0.6 is 0 Å². The van der Waals surface area contributed by atoms with E-state index in [-0.39, 0.29) is 0 Å². The van der Waals surface area contributed by atoms with Gasteiger partial charge in [-0.15, -0.1) is 6.42 Å². The molecule has 3 nitrogen and oxygen atoms in total. The molecule has 86 valence electrons. The van der Waals surface area contributed by atoms with E-state index in [1.165, 1.54) is 12.8 Å². The van der Waals surface area contributed by atoms with Crippen molar-refractivity contribution in [2.45, 2.75) is 25.9 Å². The minimum Gasteiger partial charge on any atom is -0.377 e. The van der Waals surface area contributed by atoms with Gasteiger partial charge >= 0.3 is 0 Å². The fraction of sp³-hybridized carbons (Fsp3) is 0.833. The molecule has 0 spiro atoms. The van der Waals surface area contributed by atoms with Crippen LogP contribution in [0.15, 0.2) is 0 Å². The van der Waals surface area contributed by atoms with Crippen LogP contribution in [0.25, 0.3) is 0 Å². The number of nitrogens with zero attached hydrogens (tertiary/aromatic N) is 1. The van der Waals surface area contributed by atoms with Crippen molar-refractivity contribution in [2.24, 2.45) is 0 Å². The van der Waals surface area contributed by atoms with E-state index in [0.29, 0.717) is 12.6 Å². The first-order valence-electron chi connectivity index (χ1n) is 5.85. The second-order valence-electron chi connectivity index (χ2n) is 3.91. The van der Waals surface area contributed by atoms with Gasteiger partial charge in [0.1, 0.15) is 0 Å². The fourth-order valence-electron chi connectivity index (χ4n) is 1.85. The van der Waals surface area contributed by atoms with E-state index < -0.39 is 0 Å². The molecule has 0 aliphatic carbocycles. The highest BCUT2D eigenvalue weighted by atomic mass is 16.5. The van der Waals surface area contributed by atoms with Gasteiger partial charge in [-0.25, -0.2) is 0 Å². The molecule has 1 rings (SSSR count). The topological polar surface area (TPSA) is 24.5 Å². The zero-order chi connectivity index (χ0) is 10.9. The van der Waals surface area contributed by atoms with Crippen LogP contribution < -0.4 is 5.32 Å². The predicted octanol–water partition coefficient (Wildman–Crippen LogP) is 0.710. The molecule has 1 heterocycles. The minimum atomic E-state index is 0.456. The number of likely N-dealkylation sites (N-methyl/N-ethyl adjacent to an activating group) is 1. The molecule has 0 bridgehead atoms. The Hall–Kier alpha value is -0.560. The van der Waals surface area contributed by atoms with Crippen molar-refractivity contribution in [2.75, 3.05) is 39.3 Å². The lowest BCUT2D eigenvalue weighted by molar-refractivity contribution is 0.0752. The summed E-state index contributed by atoms with van der Waals surface area (Å²) in [6, 6.07) is 0. The van der Waals surface area contributed by atoms with Crippen molar-refractivity contribution >= 4 is 0 Å². The van der Waals surface area contributed by atoms with Gasteiger partial charge in [-0.1, -0.05) is 12.8 Å². The first-order valence-corrected chi connectivity index (χ1v) is 5.85. The van der Waals surface area contributed by atoms with Gasteiger partial charge in [-0.2, -0.15) is 0 Å². The summed E-state index contributed by atoms with van der Waals surface area (Å²) in [5.41, 5.74) is 0. The second-order valence-corrected chi connectivity index (χ2v) is 3.91. The van der Waals surface area contributed by atoms with Gasteiger partial charge in [0, 0.05) is 26.2 Å². The van der Waals surface area contributed by atoms with Crippen LogP contribution in [0.4, 0.5) is 0 Å². The van der Waals surface area contributed by atoms with Crippen LogP contribution in [0.5, 0.6) is 0 Å². The Labute approximate surface area is 93.2 Å². The number of ether oxygens (including phenoxy) is 1. The number of rotatable bonds is 7. The van der Waals surface area contributed by atoms with Crippen molar-refractivity contribution in [3.8, 4) is 12.3 Å². The molecule has 0 aromatic rings. The Bertz CT molecular complexity index is 194. The summed E-state index contributed by atoms with van der Waals surface area (Å²) < 4.78 is 5.62. The fourth-order valence-corrected chi connectivity index (χ4v) is 1.85. The Morgan fingerprint density at radius 2 is 2.47 bits per heavy atom. The first-order chi connectivity index (χ1) is 7.36. The summed E-state index contributed by atoms with van der Waals surface area (Å²) in [7, 11) is 0. The highest BCUT2D eigenvalue weighted by Gasteiger charge is 2.17. The molecule has 1 saturated heterocycles. The average molecular weight is 210 g/mol. The van der Waals surface area contributed by atoms with E-state index in [2.05, 4.69) is 23.1 Å². The lowest BCUT2D eigenvalue weighted by Crippen LogP contribution is -2.37. The Kier molecular flexibility index (Phi) is 6.42. The lowest BCUT2D eigenvalue weighted by Gasteiger charge is -2.23. The van der Waals surface area contributed by atoms with Crippen LogP contribution in [-0.2, 0) is 4.74 Å². The van der Waals surface area contributed by atoms with E-state index in [4.69, 9.17) is 11.2 Å². The summed E-state index contributed by atoms with van der Waals surface area (Å²) in [5, 5.41) is 3.21. The van der Waals surface area contributed by atoms with Gasteiger partial charge in [0.25, 0.3) is 0 Å². The summed E-state index contributed by atoms with van der Waals surface area (Å²) in [6.07, 6.45) is 8.06. The van der Waals surface area contributed by atoms with E-state index in [1.807, 2.05) is 0 Å². The summed E-state index contributed by atoms with van der Waals surface area (Å²) >= 11 is 0. The number of nitrogens with one attached hydrogen (secondary N) is 1. The molecular formula is C12H22N2O. The van der Waals surface area contributed by atoms with E-state index in [9.17, 15) is 0 Å². The Morgan fingerprint density at radius 3 is 3.07 bits per heavy atom. The number of terminal acetylenes is 1. The standard InChI is InChI=1S/C12H22N2O/c1-3-7-13-8-9-14(4-2)11-12-6-5-10-15-12/h1,12-13H,4-11H2,2H3. The Morgan fingerprint density at radius 1 is 1.60 bits per heavy atom. The molecule has 0 aromatic carbocycles. The van der Waals surface area contributed by atoms with E-state index >= 15 is 0 Å². The molecule has 1 N–H and O–H groups in total. The third-order valence-electron chi connectivity index (χ3n) is 2.76. The molecule has 0 aromatic heterocycles. The van der Waals surface area contributed by atoms with Gasteiger partial charge in [0.15, 0.2) is 0 Å². The molecule has 1 aliphatic rings. The predicted molar refractivity (Wildman–Crippen MR) is 62.8 cm³/mol. The molecule has 1 aliphatic heterocycles. The molecule has 0 radical (unpaired) electrons. The van der Waals surface area contributed by atoms with E-state index in [0.717, 1.165) is 32.8 Å². The number of hydrogen-bond donors (Lipinski definition) is 1. The van der Waals surface area contributed by atoms with Crippen LogP contribution in [0.1, 0.15) is 19.8 Å². The second kappa shape index (κ2) is 7.70. The van der Waals surface area contributed by atoms with Crippen LogP contribution in [0.2, 0.25) is 0 Å². The maximum Gasteiger partial charge on any atom is 0.0702 e. The Balaban J connectivity index is 2.09. The van der Waals surface area contributed by atoms with Gasteiger partial charge in [0.2, 0.25) is 0 Å². The molecule has 1 atom stereocenters. The zero-order valence-corrected chi connectivity index (χ0v) is 9.67. The summed E-state index contributed by atoms with van der Waals surface area (Å²) in [6.45, 7) is 7.96. The quantitative estimate of drug-likeness (QED) is 0.495. The third kappa shape index (κ3) is 5.17. The third-order valence-corrected chi connectivity index (χ3v) is 2.76. The molecular weight excluding hydrogens is 188 g/mol. The molecule has 1 unspecified atom stereocenters. The smallest absolute Gasteiger partial charge is 0.0702 e. The van der Waals surface area contributed by atoms with E-state index in [1.54, 1.807) is 0 Å². The minimum absolute atomic E-state index is 0.456. The zero-order valence-electron chi connectivity index (χ0n) is 9.67. The maximum absolute atomic E-state index is 5.62. The summed E-state index contributed by atoms with van der Waals surface area (Å²) in [5.74, 6) is 2.58. The van der Waals surface area contributed by atoms with Crippen LogP contribution in [0.3, 0.4) is 0 Å². The van der Waals surface area contributed by atoms with Crippen molar-refractivity contribution in [1.82, 2.24) is 10.2 Å². The van der Waals surface area contributed by atoms with Crippen molar-refractivity contribution in [3.05, 3.63) is 0 Å². The van der Waals surface area contributed by atoms with Crippen molar-refractivity contribution < 1.29 is 4.74 Å². The molecule has 1 fully saturated rings. The van der Waals surface area contributed by atoms with Crippen LogP contribution in [0, 0.1) is 12.3 Å². The van der Waals surface area contributed by atoms with Gasteiger partial charge in [-0.3, -0.25) is 4.90 Å². The van der Waals surface area contributed by atoms with Gasteiger partial charge in [0.05, 0.1) is 12.6 Å². The van der Waals surface area contributed by atoms with Gasteiger partial charge in [-0.05, 0) is 19.4 Å². The SMILES string of the molecule is C#CCNCCN(CC)CC1CCCO1.